The van der Waals surface area contributed by atoms with Crippen molar-refractivity contribution in [3.63, 3.8) is 0 Å². The van der Waals surface area contributed by atoms with E-state index in [1.807, 2.05) is 0 Å². The summed E-state index contributed by atoms with van der Waals surface area (Å²) in [6.07, 6.45) is 9.22. The number of rotatable bonds is 15. The lowest BCUT2D eigenvalue weighted by atomic mass is 10.1. The predicted octanol–water partition coefficient (Wildman–Crippen LogP) is 2.54. The molecule has 0 saturated heterocycles. The van der Waals surface area contributed by atoms with Gasteiger partial charge in [-0.3, -0.25) is 4.79 Å². The summed E-state index contributed by atoms with van der Waals surface area (Å²) in [7, 11) is -2.16. The molecular weight excluding hydrogens is 410 g/mol. The van der Waals surface area contributed by atoms with Gasteiger partial charge in [0, 0.05) is 13.0 Å². The molecule has 1 heterocycles. The van der Waals surface area contributed by atoms with E-state index in [1.54, 1.807) is 6.07 Å². The minimum absolute atomic E-state index is 0.121. The van der Waals surface area contributed by atoms with Crippen LogP contribution in [0.4, 0.5) is 0 Å². The van der Waals surface area contributed by atoms with Crippen molar-refractivity contribution < 1.29 is 23.1 Å². The molecule has 0 unspecified atom stereocenters. The van der Waals surface area contributed by atoms with Gasteiger partial charge in [-0.2, -0.15) is 4.68 Å². The molecule has 2 N–H and O–H groups in total. The first-order valence-corrected chi connectivity index (χ1v) is 11.5. The Morgan fingerprint density at radius 3 is 2.37 bits per heavy atom. The van der Waals surface area contributed by atoms with E-state index >= 15 is 0 Å². The number of hydrogen-bond acceptors (Lipinski definition) is 7. The van der Waals surface area contributed by atoms with Gasteiger partial charge < -0.3 is 9.84 Å². The summed E-state index contributed by atoms with van der Waals surface area (Å²) in [5.41, 5.74) is 0.439. The number of benzene rings is 1. The van der Waals surface area contributed by atoms with E-state index in [-0.39, 0.29) is 11.3 Å². The number of unbranched alkanes of at least 4 members (excludes halogenated alkanes) is 7. The maximum atomic E-state index is 12.6. The lowest BCUT2D eigenvalue weighted by Gasteiger charge is -2.11. The largest absolute Gasteiger partial charge is 0.494 e. The monoisotopic (exact) mass is 439 g/mol. The third-order valence-corrected chi connectivity index (χ3v) is 6.12. The molecule has 0 fully saturated rings. The lowest BCUT2D eigenvalue weighted by Crippen LogP contribution is -2.25. The standard InChI is InChI=1S/C19H29N5O5S/c1-29-18-12-11-16(14-17(18)24-15-20-22-23-24)30(27,28)21-13-9-7-5-3-2-4-6-8-10-19(25)26/h11-12,14-15,21H,2-10,13H2,1H3,(H,25,26). The molecule has 0 spiro atoms. The van der Waals surface area contributed by atoms with Gasteiger partial charge in [0.05, 0.1) is 12.0 Å². The summed E-state index contributed by atoms with van der Waals surface area (Å²) in [6, 6.07) is 4.53. The zero-order chi connectivity index (χ0) is 21.8. The quantitative estimate of drug-likeness (QED) is 0.404. The van der Waals surface area contributed by atoms with Crippen LogP contribution in [0.15, 0.2) is 29.4 Å². The number of tetrazole rings is 1. The van der Waals surface area contributed by atoms with Gasteiger partial charge in [0.25, 0.3) is 0 Å². The molecule has 11 heteroatoms. The third kappa shape index (κ3) is 7.71. The smallest absolute Gasteiger partial charge is 0.303 e. The topological polar surface area (TPSA) is 136 Å². The van der Waals surface area contributed by atoms with Crippen LogP contribution in [0.1, 0.15) is 57.8 Å². The molecule has 2 rings (SSSR count). The van der Waals surface area contributed by atoms with Crippen molar-refractivity contribution in [1.29, 1.82) is 0 Å². The van der Waals surface area contributed by atoms with E-state index in [4.69, 9.17) is 9.84 Å². The fraction of sp³-hybridized carbons (Fsp3) is 0.579. The van der Waals surface area contributed by atoms with Crippen LogP contribution >= 0.6 is 0 Å². The molecular formula is C19H29N5O5S. The van der Waals surface area contributed by atoms with Crippen molar-refractivity contribution in [1.82, 2.24) is 24.9 Å². The summed E-state index contributed by atoms with van der Waals surface area (Å²) in [4.78, 5) is 10.6. The van der Waals surface area contributed by atoms with Gasteiger partial charge in [-0.1, -0.05) is 38.5 Å². The summed E-state index contributed by atoms with van der Waals surface area (Å²) in [5.74, 6) is -0.275. The van der Waals surface area contributed by atoms with Gasteiger partial charge in [0.1, 0.15) is 17.8 Å². The Hall–Kier alpha value is -2.53. The number of ether oxygens (including phenoxy) is 1. The number of sulfonamides is 1. The molecule has 0 amide bonds. The lowest BCUT2D eigenvalue weighted by molar-refractivity contribution is -0.137. The van der Waals surface area contributed by atoms with Crippen molar-refractivity contribution in [3.8, 4) is 11.4 Å². The number of hydrogen-bond donors (Lipinski definition) is 2. The Morgan fingerprint density at radius 2 is 1.77 bits per heavy atom. The zero-order valence-corrected chi connectivity index (χ0v) is 18.0. The molecule has 0 bridgehead atoms. The molecule has 0 saturated carbocycles. The summed E-state index contributed by atoms with van der Waals surface area (Å²) in [6.45, 7) is 0.368. The Balaban J connectivity index is 1.72. The minimum Gasteiger partial charge on any atom is -0.494 e. The Bertz CT molecular complexity index is 887. The van der Waals surface area contributed by atoms with Crippen molar-refractivity contribution in [2.24, 2.45) is 0 Å². The SMILES string of the molecule is COc1ccc(S(=O)(=O)NCCCCCCCCCCC(=O)O)cc1-n1cnnn1. The zero-order valence-electron chi connectivity index (χ0n) is 17.2. The molecule has 30 heavy (non-hydrogen) atoms. The van der Waals surface area contributed by atoms with Crippen LogP contribution in [0.5, 0.6) is 5.75 Å². The first-order valence-electron chi connectivity index (χ1n) is 10.1. The Kier molecular flexibility index (Phi) is 9.68. The number of aromatic nitrogens is 4. The highest BCUT2D eigenvalue weighted by Gasteiger charge is 2.17. The van der Waals surface area contributed by atoms with Crippen molar-refractivity contribution in [2.45, 2.75) is 62.7 Å². The first-order chi connectivity index (χ1) is 14.4. The molecule has 2 aromatic rings. The van der Waals surface area contributed by atoms with E-state index < -0.39 is 16.0 Å². The predicted molar refractivity (Wildman–Crippen MR) is 110 cm³/mol. The molecule has 1 aromatic carbocycles. The van der Waals surface area contributed by atoms with Crippen molar-refractivity contribution in [2.75, 3.05) is 13.7 Å². The highest BCUT2D eigenvalue weighted by atomic mass is 32.2. The Labute approximate surface area is 176 Å². The number of aliphatic carboxylic acids is 1. The number of methoxy groups -OCH3 is 1. The molecule has 166 valence electrons. The molecule has 10 nitrogen and oxygen atoms in total. The molecule has 0 aliphatic heterocycles. The number of nitrogens with zero attached hydrogens (tertiary/aromatic N) is 4. The number of carboxylic acid groups (broad SMARTS) is 1. The van der Waals surface area contributed by atoms with Crippen LogP contribution in [0.2, 0.25) is 0 Å². The highest BCUT2D eigenvalue weighted by Crippen LogP contribution is 2.25. The summed E-state index contributed by atoms with van der Waals surface area (Å²) < 4.78 is 34.4. The van der Waals surface area contributed by atoms with Gasteiger partial charge in [-0.25, -0.2) is 13.1 Å². The maximum Gasteiger partial charge on any atom is 0.303 e. The number of carbonyl (C=O) groups is 1. The van der Waals surface area contributed by atoms with Crippen LogP contribution in [0.3, 0.4) is 0 Å². The Morgan fingerprint density at radius 1 is 1.10 bits per heavy atom. The van der Waals surface area contributed by atoms with Crippen LogP contribution in [-0.2, 0) is 14.8 Å². The number of carboxylic acids is 1. The van der Waals surface area contributed by atoms with E-state index in [2.05, 4.69) is 20.2 Å². The van der Waals surface area contributed by atoms with Gasteiger partial charge in [-0.15, -0.1) is 5.10 Å². The summed E-state index contributed by atoms with van der Waals surface area (Å²) >= 11 is 0. The normalized spacial score (nSPS) is 11.5. The van der Waals surface area contributed by atoms with E-state index in [0.29, 0.717) is 18.0 Å². The van der Waals surface area contributed by atoms with E-state index in [1.165, 1.54) is 30.3 Å². The highest BCUT2D eigenvalue weighted by molar-refractivity contribution is 7.89. The number of nitrogens with one attached hydrogen (secondary N) is 1. The van der Waals surface area contributed by atoms with Crippen LogP contribution in [0.25, 0.3) is 5.69 Å². The fourth-order valence-electron chi connectivity index (χ4n) is 3.04. The van der Waals surface area contributed by atoms with Gasteiger partial charge in [-0.05, 0) is 41.5 Å². The van der Waals surface area contributed by atoms with Gasteiger partial charge in [0.2, 0.25) is 10.0 Å². The summed E-state index contributed by atoms with van der Waals surface area (Å²) in [5, 5.41) is 19.5. The van der Waals surface area contributed by atoms with Gasteiger partial charge >= 0.3 is 5.97 Å². The second kappa shape index (κ2) is 12.2. The maximum absolute atomic E-state index is 12.6. The molecule has 1 aromatic heterocycles. The first kappa shape index (κ1) is 23.7. The second-order valence-electron chi connectivity index (χ2n) is 6.96. The van der Waals surface area contributed by atoms with Crippen molar-refractivity contribution in [3.05, 3.63) is 24.5 Å². The van der Waals surface area contributed by atoms with Crippen LogP contribution < -0.4 is 9.46 Å². The van der Waals surface area contributed by atoms with Crippen molar-refractivity contribution >= 4 is 16.0 Å². The van der Waals surface area contributed by atoms with E-state index in [0.717, 1.165) is 51.4 Å². The van der Waals surface area contributed by atoms with Crippen LogP contribution in [-0.4, -0.2) is 53.4 Å². The van der Waals surface area contributed by atoms with Crippen LogP contribution in [0, 0.1) is 0 Å². The molecule has 0 aliphatic rings. The average molecular weight is 440 g/mol. The molecule has 0 atom stereocenters. The third-order valence-electron chi connectivity index (χ3n) is 4.67. The second-order valence-corrected chi connectivity index (χ2v) is 8.72. The average Bonchev–Trinajstić information content (AvgIpc) is 3.26. The molecule has 0 radical (unpaired) electrons. The van der Waals surface area contributed by atoms with E-state index in [9.17, 15) is 13.2 Å². The van der Waals surface area contributed by atoms with Gasteiger partial charge in [0.15, 0.2) is 0 Å². The fourth-order valence-corrected chi connectivity index (χ4v) is 4.13. The molecule has 0 aliphatic carbocycles. The minimum atomic E-state index is -3.65.